The maximum absolute atomic E-state index is 11.0. The van der Waals surface area contributed by atoms with Gasteiger partial charge in [0.2, 0.25) is 0 Å². The fraction of sp³-hybridized carbons (Fsp3) is 0.231. The van der Waals surface area contributed by atoms with Crippen LogP contribution in [-0.4, -0.2) is 4.92 Å². The lowest BCUT2D eigenvalue weighted by Gasteiger charge is -2.16. The smallest absolute Gasteiger partial charge is 0.292 e. The molecule has 0 saturated carbocycles. The van der Waals surface area contributed by atoms with Crippen LogP contribution in [0.3, 0.4) is 0 Å². The van der Waals surface area contributed by atoms with Crippen molar-refractivity contribution in [2.75, 3.05) is 5.32 Å². The van der Waals surface area contributed by atoms with E-state index in [9.17, 15) is 10.1 Å². The van der Waals surface area contributed by atoms with E-state index in [1.165, 1.54) is 12.1 Å². The molecule has 1 aromatic carbocycles. The van der Waals surface area contributed by atoms with E-state index >= 15 is 0 Å². The lowest BCUT2D eigenvalue weighted by Crippen LogP contribution is -2.10. The monoisotopic (exact) mass is 280 g/mol. The number of nitro benzene ring substituents is 1. The maximum atomic E-state index is 11.0. The van der Waals surface area contributed by atoms with Gasteiger partial charge in [-0.1, -0.05) is 18.5 Å². The van der Waals surface area contributed by atoms with Crippen molar-refractivity contribution < 1.29 is 9.34 Å². The minimum atomic E-state index is -0.437. The van der Waals surface area contributed by atoms with Crippen molar-refractivity contribution >= 4 is 23.0 Å². The lowest BCUT2D eigenvalue weighted by atomic mass is 10.1. The number of nitrogens with zero attached hydrogens (tertiary/aromatic N) is 1. The highest BCUT2D eigenvalue weighted by molar-refractivity contribution is 6.31. The predicted octanol–water partition coefficient (Wildman–Crippen LogP) is 4.40. The minimum absolute atomic E-state index is 0.00518. The Morgan fingerprint density at radius 2 is 2.26 bits per heavy atom. The van der Waals surface area contributed by atoms with Gasteiger partial charge in [0.15, 0.2) is 0 Å². The zero-order chi connectivity index (χ0) is 13.8. The van der Waals surface area contributed by atoms with Crippen molar-refractivity contribution in [1.82, 2.24) is 0 Å². The summed E-state index contributed by atoms with van der Waals surface area (Å²) in [5.41, 5.74) is 0.384. The van der Waals surface area contributed by atoms with E-state index in [-0.39, 0.29) is 11.7 Å². The van der Waals surface area contributed by atoms with E-state index in [0.717, 1.165) is 12.2 Å². The molecule has 1 unspecified atom stereocenters. The largest absolute Gasteiger partial charge is 0.467 e. The van der Waals surface area contributed by atoms with Crippen molar-refractivity contribution in [1.29, 1.82) is 0 Å². The van der Waals surface area contributed by atoms with Crippen LogP contribution in [0.25, 0.3) is 0 Å². The molecule has 19 heavy (non-hydrogen) atoms. The predicted molar refractivity (Wildman–Crippen MR) is 73.5 cm³/mol. The third-order valence-corrected chi connectivity index (χ3v) is 3.02. The van der Waals surface area contributed by atoms with Crippen molar-refractivity contribution in [3.05, 3.63) is 57.5 Å². The van der Waals surface area contributed by atoms with Gasteiger partial charge in [-0.25, -0.2) is 0 Å². The number of nitro groups is 1. The topological polar surface area (TPSA) is 68.3 Å². The summed E-state index contributed by atoms with van der Waals surface area (Å²) in [5, 5.41) is 14.5. The highest BCUT2D eigenvalue weighted by Crippen LogP contribution is 2.32. The Morgan fingerprint density at radius 3 is 2.84 bits per heavy atom. The SMILES string of the molecule is CCC(Nc1cc(Cl)ccc1[N+](=O)[O-])c1ccco1. The van der Waals surface area contributed by atoms with E-state index in [2.05, 4.69) is 5.32 Å². The van der Waals surface area contributed by atoms with Gasteiger partial charge in [-0.15, -0.1) is 0 Å². The second-order valence-electron chi connectivity index (χ2n) is 4.04. The van der Waals surface area contributed by atoms with Crippen LogP contribution in [0, 0.1) is 10.1 Å². The summed E-state index contributed by atoms with van der Waals surface area (Å²) < 4.78 is 5.32. The summed E-state index contributed by atoms with van der Waals surface area (Å²) in [6.45, 7) is 1.97. The van der Waals surface area contributed by atoms with Gasteiger partial charge in [-0.05, 0) is 30.7 Å². The first-order chi connectivity index (χ1) is 9.11. The Kier molecular flexibility index (Phi) is 4.06. The zero-order valence-electron chi connectivity index (χ0n) is 10.3. The highest BCUT2D eigenvalue weighted by Gasteiger charge is 2.19. The van der Waals surface area contributed by atoms with Gasteiger partial charge in [0, 0.05) is 11.1 Å². The molecule has 1 heterocycles. The van der Waals surface area contributed by atoms with Crippen molar-refractivity contribution in [3.8, 4) is 0 Å². The van der Waals surface area contributed by atoms with Crippen LogP contribution in [-0.2, 0) is 0 Å². The Labute approximate surface area is 115 Å². The summed E-state index contributed by atoms with van der Waals surface area (Å²) in [7, 11) is 0. The lowest BCUT2D eigenvalue weighted by molar-refractivity contribution is -0.384. The Morgan fingerprint density at radius 1 is 1.47 bits per heavy atom. The number of rotatable bonds is 5. The molecule has 1 N–H and O–H groups in total. The Balaban J connectivity index is 2.31. The van der Waals surface area contributed by atoms with E-state index in [1.807, 2.05) is 13.0 Å². The molecule has 0 bridgehead atoms. The fourth-order valence-corrected chi connectivity index (χ4v) is 2.01. The minimum Gasteiger partial charge on any atom is -0.467 e. The average Bonchev–Trinajstić information content (AvgIpc) is 2.89. The number of benzene rings is 1. The van der Waals surface area contributed by atoms with Crippen molar-refractivity contribution in [3.63, 3.8) is 0 Å². The normalized spacial score (nSPS) is 12.1. The first kappa shape index (κ1) is 13.4. The number of anilines is 1. The molecule has 0 fully saturated rings. The van der Waals surface area contributed by atoms with Crippen LogP contribution in [0.2, 0.25) is 5.02 Å². The zero-order valence-corrected chi connectivity index (χ0v) is 11.1. The molecule has 0 aliphatic rings. The summed E-state index contributed by atoms with van der Waals surface area (Å²) in [6.07, 6.45) is 2.31. The van der Waals surface area contributed by atoms with Gasteiger partial charge in [-0.3, -0.25) is 10.1 Å². The van der Waals surface area contributed by atoms with E-state index < -0.39 is 4.92 Å². The third kappa shape index (κ3) is 3.06. The summed E-state index contributed by atoms with van der Waals surface area (Å²) >= 11 is 5.89. The van der Waals surface area contributed by atoms with Crippen molar-refractivity contribution in [2.45, 2.75) is 19.4 Å². The molecule has 0 radical (unpaired) electrons. The number of hydrogen-bond donors (Lipinski definition) is 1. The second kappa shape index (κ2) is 5.75. The van der Waals surface area contributed by atoms with Crippen LogP contribution < -0.4 is 5.32 Å². The van der Waals surface area contributed by atoms with Crippen LogP contribution in [0.5, 0.6) is 0 Å². The van der Waals surface area contributed by atoms with Crippen LogP contribution in [0.15, 0.2) is 41.0 Å². The number of furan rings is 1. The van der Waals surface area contributed by atoms with Gasteiger partial charge in [-0.2, -0.15) is 0 Å². The third-order valence-electron chi connectivity index (χ3n) is 2.78. The van der Waals surface area contributed by atoms with Gasteiger partial charge < -0.3 is 9.73 Å². The number of nitrogens with one attached hydrogen (secondary N) is 1. The molecule has 0 aliphatic heterocycles. The first-order valence-corrected chi connectivity index (χ1v) is 6.23. The van der Waals surface area contributed by atoms with Gasteiger partial charge in [0.1, 0.15) is 11.4 Å². The van der Waals surface area contributed by atoms with E-state index in [0.29, 0.717) is 10.7 Å². The molecule has 0 saturated heterocycles. The summed E-state index contributed by atoms with van der Waals surface area (Å²) in [6, 6.07) is 7.92. The molecule has 2 aromatic rings. The second-order valence-corrected chi connectivity index (χ2v) is 4.48. The van der Waals surface area contributed by atoms with E-state index in [4.69, 9.17) is 16.0 Å². The van der Waals surface area contributed by atoms with Crippen LogP contribution >= 0.6 is 11.6 Å². The van der Waals surface area contributed by atoms with Gasteiger partial charge in [0.05, 0.1) is 17.2 Å². The van der Waals surface area contributed by atoms with Crippen molar-refractivity contribution in [2.24, 2.45) is 0 Å². The summed E-state index contributed by atoms with van der Waals surface area (Å²) in [5.74, 6) is 0.733. The average molecular weight is 281 g/mol. The number of hydrogen-bond acceptors (Lipinski definition) is 4. The van der Waals surface area contributed by atoms with Crippen LogP contribution in [0.4, 0.5) is 11.4 Å². The molecule has 2 rings (SSSR count). The molecule has 0 aliphatic carbocycles. The van der Waals surface area contributed by atoms with Gasteiger partial charge >= 0.3 is 0 Å². The maximum Gasteiger partial charge on any atom is 0.292 e. The molecular weight excluding hydrogens is 268 g/mol. The highest BCUT2D eigenvalue weighted by atomic mass is 35.5. The molecule has 1 atom stereocenters. The quantitative estimate of drug-likeness (QED) is 0.651. The number of halogens is 1. The fourth-order valence-electron chi connectivity index (χ4n) is 1.83. The molecule has 5 nitrogen and oxygen atoms in total. The molecule has 1 aromatic heterocycles. The first-order valence-electron chi connectivity index (χ1n) is 5.85. The van der Waals surface area contributed by atoms with E-state index in [1.54, 1.807) is 18.4 Å². The standard InChI is InChI=1S/C13H13ClN2O3/c1-2-10(13-4-3-7-19-13)15-11-8-9(14)5-6-12(11)16(17)18/h3-8,10,15H,2H2,1H3. The van der Waals surface area contributed by atoms with Gasteiger partial charge in [0.25, 0.3) is 5.69 Å². The Hall–Kier alpha value is -2.01. The molecule has 0 amide bonds. The Bertz CT molecular complexity index is 569. The molecule has 6 heteroatoms. The summed E-state index contributed by atoms with van der Waals surface area (Å²) in [4.78, 5) is 10.6. The van der Waals surface area contributed by atoms with Crippen LogP contribution in [0.1, 0.15) is 25.1 Å². The molecule has 100 valence electrons. The molecular formula is C13H13ClN2O3. The molecule has 0 spiro atoms.